The Hall–Kier alpha value is -5.57. The van der Waals surface area contributed by atoms with Crippen molar-refractivity contribution in [2.24, 2.45) is 59.2 Å². The van der Waals surface area contributed by atoms with Crippen LogP contribution in [0.15, 0.2) is 12.7 Å². The summed E-state index contributed by atoms with van der Waals surface area (Å²) >= 11 is 0. The van der Waals surface area contributed by atoms with Gasteiger partial charge in [0.05, 0.1) is 30.3 Å². The third kappa shape index (κ3) is 22.8. The summed E-state index contributed by atoms with van der Waals surface area (Å²) in [5, 5.41) is 24.7. The molecule has 13 atom stereocenters. The number of rotatable bonds is 16. The van der Waals surface area contributed by atoms with Gasteiger partial charge in [-0.15, -0.1) is 6.58 Å². The van der Waals surface area contributed by atoms with Crippen LogP contribution in [0.5, 0.6) is 0 Å². The van der Waals surface area contributed by atoms with Crippen LogP contribution in [0.3, 0.4) is 0 Å². The Labute approximate surface area is 522 Å². The summed E-state index contributed by atoms with van der Waals surface area (Å²) < 4.78 is 0. The number of ketones is 3. The smallest absolute Gasteiger partial charge is 0.246 e. The number of nitrogens with zero attached hydrogens (tertiary/aromatic N) is 7. The van der Waals surface area contributed by atoms with Crippen LogP contribution in [-0.4, -0.2) is 219 Å². The Balaban J connectivity index is 4.37. The maximum Gasteiger partial charge on any atom is 0.246 e. The van der Waals surface area contributed by atoms with E-state index in [9.17, 15) is 48.6 Å². The van der Waals surface area contributed by atoms with E-state index in [0.717, 1.165) is 9.80 Å². The fourth-order valence-corrected chi connectivity index (χ4v) is 11.9. The maximum absolute atomic E-state index is 15.3. The molecule has 0 aromatic heterocycles. The van der Waals surface area contributed by atoms with E-state index in [1.165, 1.54) is 93.8 Å². The van der Waals surface area contributed by atoms with Gasteiger partial charge in [-0.05, 0) is 87.4 Å². The van der Waals surface area contributed by atoms with Gasteiger partial charge in [0.2, 0.25) is 47.3 Å². The lowest BCUT2D eigenvalue weighted by Gasteiger charge is -2.42. The van der Waals surface area contributed by atoms with Crippen molar-refractivity contribution in [1.82, 2.24) is 39.6 Å². The lowest BCUT2D eigenvalue weighted by atomic mass is 9.83. The highest BCUT2D eigenvalue weighted by molar-refractivity contribution is 5.99. The molecule has 21 heteroatoms. The first-order valence-corrected chi connectivity index (χ1v) is 31.7. The van der Waals surface area contributed by atoms with Crippen molar-refractivity contribution in [2.45, 2.75) is 229 Å². The van der Waals surface area contributed by atoms with Crippen LogP contribution in [-0.2, 0) is 52.7 Å². The highest BCUT2D eigenvalue weighted by Crippen LogP contribution is 2.30. The molecule has 1 aliphatic rings. The molecule has 1 rings (SSSR count). The van der Waals surface area contributed by atoms with Crippen LogP contribution in [0, 0.1) is 59.2 Å². The highest BCUT2D eigenvalue weighted by Gasteiger charge is 2.46. The minimum Gasteiger partial charge on any atom is -0.390 e. The summed E-state index contributed by atoms with van der Waals surface area (Å²) in [5.74, 6) is -11.4. The first-order chi connectivity index (χ1) is 39.9. The van der Waals surface area contributed by atoms with Gasteiger partial charge in [0.25, 0.3) is 0 Å². The fourth-order valence-electron chi connectivity index (χ4n) is 11.9. The number of hydrogen-bond donors (Lipinski definition) is 3. The third-order valence-corrected chi connectivity index (χ3v) is 17.7. The number of carbonyl (C=O) groups excluding carboxylic acids is 11. The third-order valence-electron chi connectivity index (χ3n) is 17.7. The summed E-state index contributed by atoms with van der Waals surface area (Å²) in [6.07, 6.45) is 0.0772. The van der Waals surface area contributed by atoms with Gasteiger partial charge >= 0.3 is 0 Å². The normalized spacial score (nSPS) is 27.2. The van der Waals surface area contributed by atoms with Crippen molar-refractivity contribution in [3.05, 3.63) is 12.7 Å². The Morgan fingerprint density at radius 2 is 0.977 bits per heavy atom. The minimum atomic E-state index is -1.49. The van der Waals surface area contributed by atoms with Gasteiger partial charge in [0.1, 0.15) is 36.0 Å². The second-order valence-corrected chi connectivity index (χ2v) is 28.1. The van der Waals surface area contributed by atoms with Gasteiger partial charge in [-0.2, -0.15) is 0 Å². The molecule has 8 amide bonds. The first kappa shape index (κ1) is 79.4. The molecule has 0 saturated carbocycles. The molecule has 0 aromatic rings. The van der Waals surface area contributed by atoms with Crippen LogP contribution in [0.4, 0.5) is 0 Å². The second kappa shape index (κ2) is 35.0. The van der Waals surface area contributed by atoms with Crippen molar-refractivity contribution in [3.8, 4) is 0 Å². The lowest BCUT2D eigenvalue weighted by Crippen LogP contribution is -2.62. The fraction of sp³-hybridized carbons (Fsp3) is 0.803. The van der Waals surface area contributed by atoms with E-state index >= 15 is 14.4 Å². The molecule has 87 heavy (non-hydrogen) atoms. The predicted molar refractivity (Wildman–Crippen MR) is 338 cm³/mol. The number of aliphatic hydroxyl groups excluding tert-OH is 1. The molecule has 1 fully saturated rings. The molecule has 1 heterocycles. The molecule has 0 radical (unpaired) electrons. The number of amides is 8. The van der Waals surface area contributed by atoms with Crippen LogP contribution < -0.4 is 5.32 Å². The molecule has 0 aliphatic carbocycles. The van der Waals surface area contributed by atoms with Gasteiger partial charge in [-0.1, -0.05) is 110 Å². The Bertz CT molecular complexity index is 2380. The maximum atomic E-state index is 15.3. The zero-order valence-electron chi connectivity index (χ0n) is 57.8. The number of Topliss-reactive ketones (excluding diaryl/α,β-unsaturated/α-hetero) is 3. The van der Waals surface area contributed by atoms with Gasteiger partial charge in [0, 0.05) is 92.8 Å². The van der Waals surface area contributed by atoms with Crippen molar-refractivity contribution in [3.63, 3.8) is 0 Å². The average Bonchev–Trinajstić information content (AvgIpc) is 1.15. The SMILES string of the molecule is C=CC(O)C[C@@H](C)[C@@H](C)[C@H]1C(=O)N[C@@H](CC)C(=O)N(C)CC(=O)N(C)[C@@H](CC(C)(C)O)C(=O)C[C@@H](C(C)C)C(=O)N(C)[C@@H](CC(C)C)C(=O)C[C@@H](C)C(=O)C[C@H](C)C(=O)N(C)[C@@H](CC(C)C)C(=O)N(C)[C@@H](CC(C)C)C(=O)N(C)[C@@H](C(C)C)C(=O)N1C. The standard InChI is InChI=1S/C66H116N8O13/c1-26-46(75)31-42(13)45(16)58-59(80)67-48(27-2)62(83)68(19)36-56(79)69(20)52(35-66(17,18)87)55(78)34-47(40(9)10)61(82)70(21)49(28-37(3)4)54(77)32-43(14)53(76)33-44(15)60(81)71(22)50(29-38(5)6)63(84)72(23)51(30-39(7)8)64(85)73(24)57(41(11)12)65(86)74(58)25/h26,37-52,57-58,75,87H,1,27-36H2,2-25H3,(H,67,80)/t42-,43-,44+,45-,46?,47+,48+,49+,50+,51+,52+,57+,58+/m1/s1. The minimum absolute atomic E-state index is 0.0401. The molecule has 1 saturated heterocycles. The average molecular weight is 1230 g/mol. The molecule has 498 valence electrons. The molecule has 0 bridgehead atoms. The van der Waals surface area contributed by atoms with Gasteiger partial charge in [-0.25, -0.2) is 0 Å². The van der Waals surface area contributed by atoms with Crippen LogP contribution in [0.25, 0.3) is 0 Å². The molecule has 0 aromatic carbocycles. The zero-order chi connectivity index (χ0) is 67.8. The number of nitrogens with one attached hydrogen (secondary N) is 1. The van der Waals surface area contributed by atoms with E-state index in [2.05, 4.69) is 11.9 Å². The number of aliphatic hydroxyl groups is 2. The lowest BCUT2D eigenvalue weighted by molar-refractivity contribution is -0.156. The summed E-state index contributed by atoms with van der Waals surface area (Å²) in [6, 6.07) is -8.23. The van der Waals surface area contributed by atoms with Gasteiger partial charge < -0.3 is 49.8 Å². The van der Waals surface area contributed by atoms with Crippen molar-refractivity contribution in [1.29, 1.82) is 0 Å². The number of carbonyl (C=O) groups is 11. The van der Waals surface area contributed by atoms with Crippen LogP contribution in [0.1, 0.15) is 175 Å². The van der Waals surface area contributed by atoms with E-state index in [0.29, 0.717) is 0 Å². The summed E-state index contributed by atoms with van der Waals surface area (Å²) in [4.78, 5) is 170. The van der Waals surface area contributed by atoms with E-state index < -0.39 is 155 Å². The monoisotopic (exact) mass is 1230 g/mol. The van der Waals surface area contributed by atoms with Gasteiger partial charge in [-0.3, -0.25) is 52.7 Å². The first-order valence-electron chi connectivity index (χ1n) is 31.7. The Kier molecular flexibility index (Phi) is 31.9. The quantitative estimate of drug-likeness (QED) is 0.152. The molecule has 0 spiro atoms. The molecule has 3 N–H and O–H groups in total. The molecular weight excluding hydrogens is 1110 g/mol. The molecule has 1 unspecified atom stereocenters. The largest absolute Gasteiger partial charge is 0.390 e. The summed E-state index contributed by atoms with van der Waals surface area (Å²) in [7, 11) is 10.1. The number of likely N-dealkylation sites (N-methyl/N-ethyl adjacent to an activating group) is 7. The van der Waals surface area contributed by atoms with E-state index in [-0.39, 0.29) is 87.1 Å². The van der Waals surface area contributed by atoms with E-state index in [4.69, 9.17) is 0 Å². The molecule has 21 nitrogen and oxygen atoms in total. The predicted octanol–water partition coefficient (Wildman–Crippen LogP) is 5.90. The van der Waals surface area contributed by atoms with E-state index in [1.54, 1.807) is 55.4 Å². The Morgan fingerprint density at radius 3 is 1.43 bits per heavy atom. The van der Waals surface area contributed by atoms with Crippen molar-refractivity contribution >= 4 is 64.6 Å². The van der Waals surface area contributed by atoms with Crippen molar-refractivity contribution < 1.29 is 63.0 Å². The molecule has 1 aliphatic heterocycles. The van der Waals surface area contributed by atoms with Crippen molar-refractivity contribution in [2.75, 3.05) is 55.9 Å². The molecular formula is C66H116N8O13. The second-order valence-electron chi connectivity index (χ2n) is 28.1. The van der Waals surface area contributed by atoms with Gasteiger partial charge in [0.15, 0.2) is 11.6 Å². The zero-order valence-corrected chi connectivity index (χ0v) is 57.8. The topological polar surface area (TPSA) is 263 Å². The summed E-state index contributed by atoms with van der Waals surface area (Å²) in [6.45, 7) is 32.9. The van der Waals surface area contributed by atoms with Crippen LogP contribution in [0.2, 0.25) is 0 Å². The van der Waals surface area contributed by atoms with E-state index in [1.807, 2.05) is 48.5 Å². The van der Waals surface area contributed by atoms with Crippen LogP contribution >= 0.6 is 0 Å². The number of hydrogen-bond acceptors (Lipinski definition) is 13. The highest BCUT2D eigenvalue weighted by atomic mass is 16.3. The summed E-state index contributed by atoms with van der Waals surface area (Å²) in [5.41, 5.74) is -1.49. The Morgan fingerprint density at radius 1 is 0.540 bits per heavy atom.